The van der Waals surface area contributed by atoms with Crippen molar-refractivity contribution < 1.29 is 14.7 Å². The third-order valence-corrected chi connectivity index (χ3v) is 3.69. The molecule has 1 aliphatic heterocycles. The number of aromatic nitrogens is 1. The van der Waals surface area contributed by atoms with Gasteiger partial charge in [0.05, 0.1) is 17.4 Å². The van der Waals surface area contributed by atoms with E-state index >= 15 is 0 Å². The fourth-order valence-corrected chi connectivity index (χ4v) is 2.78. The minimum Gasteiger partial charge on any atom is -0.548 e. The second-order valence-electron chi connectivity index (χ2n) is 3.75. The van der Waals surface area contributed by atoms with Gasteiger partial charge in [-0.3, -0.25) is 9.69 Å². The summed E-state index contributed by atoms with van der Waals surface area (Å²) < 4.78 is 2.10. The van der Waals surface area contributed by atoms with Crippen LogP contribution in [0.3, 0.4) is 0 Å². The molecule has 0 unspecified atom stereocenters. The van der Waals surface area contributed by atoms with Crippen molar-refractivity contribution in [3.63, 3.8) is 0 Å². The topological polar surface area (TPSA) is 65.4 Å². The van der Waals surface area contributed by atoms with Crippen LogP contribution in [0.2, 0.25) is 0 Å². The van der Waals surface area contributed by atoms with E-state index < -0.39 is 18.4 Å². The number of carboxylic acid groups (broad SMARTS) is 1. The van der Waals surface area contributed by atoms with Gasteiger partial charge in [-0.25, -0.2) is 0 Å². The summed E-state index contributed by atoms with van der Waals surface area (Å²) in [5.74, 6) is -1.72. The third kappa shape index (κ3) is 2.62. The van der Waals surface area contributed by atoms with Gasteiger partial charge < -0.3 is 14.5 Å². The highest BCUT2D eigenvalue weighted by Gasteiger charge is 2.31. The molecule has 1 aromatic heterocycles. The first-order chi connectivity index (χ1) is 8.47. The normalized spacial score (nSPS) is 17.8. The fraction of sp³-hybridized carbons (Fsp3) is 0.182. The van der Waals surface area contributed by atoms with Crippen molar-refractivity contribution in [2.45, 2.75) is 0 Å². The van der Waals surface area contributed by atoms with Crippen LogP contribution in [0.5, 0.6) is 0 Å². The molecule has 0 N–H and O–H groups in total. The molecule has 2 rings (SSSR count). The quantitative estimate of drug-likeness (QED) is 0.575. The lowest BCUT2D eigenvalue weighted by Gasteiger charge is -2.14. The van der Waals surface area contributed by atoms with Crippen LogP contribution < -0.4 is 5.11 Å². The molecule has 1 fully saturated rings. The van der Waals surface area contributed by atoms with Gasteiger partial charge >= 0.3 is 0 Å². The van der Waals surface area contributed by atoms with Crippen molar-refractivity contribution in [1.29, 1.82) is 0 Å². The van der Waals surface area contributed by atoms with E-state index in [1.54, 1.807) is 6.08 Å². The number of carbonyl (C=O) groups is 2. The van der Waals surface area contributed by atoms with Gasteiger partial charge in [0.1, 0.15) is 4.32 Å². The first kappa shape index (κ1) is 12.8. The summed E-state index contributed by atoms with van der Waals surface area (Å²) in [5, 5.41) is 10.5. The second kappa shape index (κ2) is 4.95. The van der Waals surface area contributed by atoms with E-state index in [0.29, 0.717) is 4.91 Å². The Balaban J connectivity index is 2.22. The Labute approximate surface area is 113 Å². The minimum atomic E-state index is -1.33. The Morgan fingerprint density at radius 3 is 2.89 bits per heavy atom. The maximum Gasteiger partial charge on any atom is 0.266 e. The highest BCUT2D eigenvalue weighted by atomic mass is 32.2. The number of thiocarbonyl (C=S) groups is 1. The van der Waals surface area contributed by atoms with Gasteiger partial charge in [-0.1, -0.05) is 24.0 Å². The van der Waals surface area contributed by atoms with Gasteiger partial charge in [-0.15, -0.1) is 0 Å². The number of amides is 1. The average molecular weight is 281 g/mol. The molecule has 0 aliphatic carbocycles. The lowest BCUT2D eigenvalue weighted by Crippen LogP contribution is -2.40. The van der Waals surface area contributed by atoms with Crippen LogP contribution in [0, 0.1) is 0 Å². The molecular weight excluding hydrogens is 272 g/mol. The van der Waals surface area contributed by atoms with Crippen LogP contribution in [0.15, 0.2) is 23.4 Å². The van der Waals surface area contributed by atoms with Crippen molar-refractivity contribution in [1.82, 2.24) is 9.47 Å². The van der Waals surface area contributed by atoms with Gasteiger partial charge in [0.2, 0.25) is 0 Å². The molecular formula is C11H9N2O3S2-. The van der Waals surface area contributed by atoms with E-state index in [1.807, 2.05) is 30.1 Å². The minimum absolute atomic E-state index is 0.242. The molecule has 7 heteroatoms. The molecule has 18 heavy (non-hydrogen) atoms. The molecule has 0 bridgehead atoms. The lowest BCUT2D eigenvalue weighted by molar-refractivity contribution is -0.305. The number of hydrogen-bond acceptors (Lipinski definition) is 5. The Morgan fingerprint density at radius 1 is 1.61 bits per heavy atom. The molecule has 2 heterocycles. The summed E-state index contributed by atoms with van der Waals surface area (Å²) in [7, 11) is 1.87. The fourth-order valence-electron chi connectivity index (χ4n) is 1.53. The monoisotopic (exact) mass is 281 g/mol. The van der Waals surface area contributed by atoms with Gasteiger partial charge in [0, 0.05) is 19.4 Å². The maximum atomic E-state index is 11.9. The zero-order valence-electron chi connectivity index (χ0n) is 9.45. The number of aryl methyl sites for hydroxylation is 1. The molecule has 1 amide bonds. The number of carbonyl (C=O) groups excluding carboxylic acids is 2. The molecule has 1 aromatic rings. The van der Waals surface area contributed by atoms with Crippen LogP contribution in [-0.4, -0.2) is 32.2 Å². The van der Waals surface area contributed by atoms with Crippen LogP contribution >= 0.6 is 24.0 Å². The molecule has 0 atom stereocenters. The van der Waals surface area contributed by atoms with E-state index in [0.717, 1.165) is 22.2 Å². The smallest absolute Gasteiger partial charge is 0.266 e. The first-order valence-electron chi connectivity index (χ1n) is 5.04. The molecule has 5 nitrogen and oxygen atoms in total. The van der Waals surface area contributed by atoms with Crippen molar-refractivity contribution in [3.8, 4) is 0 Å². The van der Waals surface area contributed by atoms with Crippen molar-refractivity contribution in [2.24, 2.45) is 7.05 Å². The molecule has 0 radical (unpaired) electrons. The van der Waals surface area contributed by atoms with E-state index in [-0.39, 0.29) is 4.32 Å². The maximum absolute atomic E-state index is 11.9. The van der Waals surface area contributed by atoms with Gasteiger partial charge in [-0.2, -0.15) is 0 Å². The zero-order chi connectivity index (χ0) is 13.3. The third-order valence-electron chi connectivity index (χ3n) is 2.31. The number of hydrogen-bond donors (Lipinski definition) is 0. The highest BCUT2D eigenvalue weighted by molar-refractivity contribution is 8.26. The summed E-state index contributed by atoms with van der Waals surface area (Å²) in [6.45, 7) is -0.503. The second-order valence-corrected chi connectivity index (χ2v) is 5.43. The van der Waals surface area contributed by atoms with Crippen LogP contribution in [0.1, 0.15) is 5.56 Å². The van der Waals surface area contributed by atoms with Crippen molar-refractivity contribution >= 4 is 46.3 Å². The van der Waals surface area contributed by atoms with Gasteiger partial charge in [-0.05, 0) is 17.7 Å². The molecule has 1 aliphatic rings. The highest BCUT2D eigenvalue weighted by Crippen LogP contribution is 2.32. The van der Waals surface area contributed by atoms with E-state index in [4.69, 9.17) is 12.2 Å². The first-order valence-corrected chi connectivity index (χ1v) is 6.27. The average Bonchev–Trinajstić information content (AvgIpc) is 2.78. The SMILES string of the molecule is Cn1ccc(/C=C2/SC(=S)N(CC(=O)[O-])C2=O)c1. The van der Waals surface area contributed by atoms with Crippen molar-refractivity contribution in [2.75, 3.05) is 6.54 Å². The summed E-state index contributed by atoms with van der Waals surface area (Å²) in [6, 6.07) is 1.85. The summed E-state index contributed by atoms with van der Waals surface area (Å²) in [6.07, 6.45) is 5.40. The number of rotatable bonds is 3. The van der Waals surface area contributed by atoms with E-state index in [9.17, 15) is 14.7 Å². The Hall–Kier alpha value is -1.60. The van der Waals surface area contributed by atoms with Gasteiger partial charge in [0.15, 0.2) is 0 Å². The predicted molar refractivity (Wildman–Crippen MR) is 70.3 cm³/mol. The zero-order valence-corrected chi connectivity index (χ0v) is 11.1. The Morgan fingerprint density at radius 2 is 2.33 bits per heavy atom. The van der Waals surface area contributed by atoms with Crippen LogP contribution in [-0.2, 0) is 16.6 Å². The van der Waals surface area contributed by atoms with Crippen LogP contribution in [0.4, 0.5) is 0 Å². The molecule has 94 valence electrons. The van der Waals surface area contributed by atoms with Gasteiger partial charge in [0.25, 0.3) is 5.91 Å². The molecule has 0 spiro atoms. The number of nitrogens with zero attached hydrogens (tertiary/aromatic N) is 2. The Bertz CT molecular complexity index is 562. The predicted octanol–water partition coefficient (Wildman–Crippen LogP) is -0.0238. The lowest BCUT2D eigenvalue weighted by atomic mass is 10.3. The van der Waals surface area contributed by atoms with Crippen LogP contribution in [0.25, 0.3) is 6.08 Å². The standard InChI is InChI=1S/C11H10N2O3S2/c1-12-3-2-7(5-12)4-8-10(16)13(6-9(14)15)11(17)18-8/h2-5H,6H2,1H3,(H,14,15)/p-1/b8-4+. The Kier molecular flexibility index (Phi) is 3.53. The number of carboxylic acids is 1. The van der Waals surface area contributed by atoms with E-state index in [2.05, 4.69) is 0 Å². The van der Waals surface area contributed by atoms with E-state index in [1.165, 1.54) is 0 Å². The summed E-state index contributed by atoms with van der Waals surface area (Å²) >= 11 is 6.06. The number of aliphatic carboxylic acids is 1. The number of thioether (sulfide) groups is 1. The van der Waals surface area contributed by atoms with Crippen molar-refractivity contribution in [3.05, 3.63) is 28.9 Å². The largest absolute Gasteiger partial charge is 0.548 e. The molecule has 0 saturated carbocycles. The summed E-state index contributed by atoms with van der Waals surface area (Å²) in [4.78, 5) is 23.9. The molecule has 1 saturated heterocycles. The molecule has 0 aromatic carbocycles. The summed E-state index contributed by atoms with van der Waals surface area (Å²) in [5.41, 5.74) is 0.867.